The monoisotopic (exact) mass is 293 g/mol. The van der Waals surface area contributed by atoms with Crippen molar-refractivity contribution in [1.82, 2.24) is 5.16 Å². The summed E-state index contributed by atoms with van der Waals surface area (Å²) in [6, 6.07) is 4.60. The largest absolute Gasteiger partial charge is 0.493 e. The van der Waals surface area contributed by atoms with E-state index in [1.807, 2.05) is 0 Å². The third kappa shape index (κ3) is 1.81. The zero-order chi connectivity index (χ0) is 14.3. The van der Waals surface area contributed by atoms with E-state index in [0.717, 1.165) is 0 Å². The Labute approximate surface area is 117 Å². The van der Waals surface area contributed by atoms with Gasteiger partial charge in [-0.3, -0.25) is 0 Å². The van der Waals surface area contributed by atoms with Crippen LogP contribution in [0.1, 0.15) is 10.5 Å². The first-order chi connectivity index (χ1) is 9.61. The van der Waals surface area contributed by atoms with Crippen molar-refractivity contribution >= 4 is 28.5 Å². The Balaban J connectivity index is 2.24. The van der Waals surface area contributed by atoms with Crippen molar-refractivity contribution in [1.29, 1.82) is 0 Å². The van der Waals surface area contributed by atoms with Gasteiger partial charge in [-0.2, -0.15) is 0 Å². The summed E-state index contributed by atoms with van der Waals surface area (Å²) in [5, 5.41) is 13.3. The second kappa shape index (κ2) is 4.57. The predicted molar refractivity (Wildman–Crippen MR) is 70.2 cm³/mol. The summed E-state index contributed by atoms with van der Waals surface area (Å²) < 4.78 is 15.5. The van der Waals surface area contributed by atoms with E-state index in [-0.39, 0.29) is 11.5 Å². The van der Waals surface area contributed by atoms with Gasteiger partial charge in [0.25, 0.3) is 0 Å². The van der Waals surface area contributed by atoms with E-state index >= 15 is 0 Å². The smallest absolute Gasteiger partial charge is 0.358 e. The second-order valence-electron chi connectivity index (χ2n) is 3.99. The fourth-order valence-electron chi connectivity index (χ4n) is 1.91. The fourth-order valence-corrected chi connectivity index (χ4v) is 2.21. The van der Waals surface area contributed by atoms with Crippen molar-refractivity contribution in [2.75, 3.05) is 7.11 Å². The number of fused-ring (bicyclic) bond motifs is 1. The van der Waals surface area contributed by atoms with E-state index in [9.17, 15) is 4.79 Å². The maximum absolute atomic E-state index is 10.8. The predicted octanol–water partition coefficient (Wildman–Crippen LogP) is 3.45. The Kier molecular flexibility index (Phi) is 2.87. The average molecular weight is 294 g/mol. The zero-order valence-electron chi connectivity index (χ0n) is 10.2. The number of carboxylic acids is 1. The van der Waals surface area contributed by atoms with Gasteiger partial charge in [-0.15, -0.1) is 0 Å². The molecule has 3 aromatic rings. The van der Waals surface area contributed by atoms with Gasteiger partial charge in [0.15, 0.2) is 22.8 Å². The first-order valence-electron chi connectivity index (χ1n) is 5.56. The molecule has 0 amide bonds. The minimum atomic E-state index is -1.17. The topological polar surface area (TPSA) is 85.7 Å². The van der Waals surface area contributed by atoms with E-state index in [2.05, 4.69) is 5.16 Å². The van der Waals surface area contributed by atoms with Crippen LogP contribution in [0.4, 0.5) is 0 Å². The minimum Gasteiger partial charge on any atom is -0.493 e. The lowest BCUT2D eigenvalue weighted by atomic mass is 10.1. The number of aromatic nitrogens is 1. The molecule has 0 saturated heterocycles. The Bertz CT molecular complexity index is 804. The minimum absolute atomic E-state index is 0.192. The van der Waals surface area contributed by atoms with E-state index in [4.69, 9.17) is 30.4 Å². The lowest BCUT2D eigenvalue weighted by Crippen LogP contribution is -1.94. The van der Waals surface area contributed by atoms with Crippen LogP contribution in [0.25, 0.3) is 22.3 Å². The quantitative estimate of drug-likeness (QED) is 0.796. The fraction of sp³-hybridized carbons (Fsp3) is 0.0769. The molecule has 6 nitrogen and oxygen atoms in total. The van der Waals surface area contributed by atoms with E-state index < -0.39 is 5.97 Å². The number of furan rings is 1. The molecular formula is C13H8ClNO5. The number of rotatable bonds is 3. The summed E-state index contributed by atoms with van der Waals surface area (Å²) in [4.78, 5) is 10.8. The molecule has 0 fully saturated rings. The number of ether oxygens (including phenoxy) is 1. The number of carboxylic acid groups (broad SMARTS) is 1. The maximum atomic E-state index is 10.8. The summed E-state index contributed by atoms with van der Waals surface area (Å²) in [5.41, 5.74) is 0.805. The zero-order valence-corrected chi connectivity index (χ0v) is 11.0. The molecule has 0 aliphatic rings. The van der Waals surface area contributed by atoms with Crippen LogP contribution in [0.15, 0.2) is 33.4 Å². The van der Waals surface area contributed by atoms with Gasteiger partial charge >= 0.3 is 5.97 Å². The molecule has 20 heavy (non-hydrogen) atoms. The van der Waals surface area contributed by atoms with Crippen LogP contribution in [-0.2, 0) is 0 Å². The summed E-state index contributed by atoms with van der Waals surface area (Å²) in [6.45, 7) is 0. The Morgan fingerprint density at radius 1 is 1.45 bits per heavy atom. The van der Waals surface area contributed by atoms with Gasteiger partial charge in [0, 0.05) is 17.0 Å². The molecule has 0 saturated carbocycles. The molecule has 7 heteroatoms. The lowest BCUT2D eigenvalue weighted by molar-refractivity contribution is 0.0686. The molecule has 0 aliphatic heterocycles. The first-order valence-corrected chi connectivity index (χ1v) is 5.93. The van der Waals surface area contributed by atoms with Crippen LogP contribution in [0.3, 0.4) is 0 Å². The van der Waals surface area contributed by atoms with Crippen molar-refractivity contribution in [3.05, 3.63) is 35.2 Å². The Hall–Kier alpha value is -2.47. The highest BCUT2D eigenvalue weighted by molar-refractivity contribution is 6.38. The average Bonchev–Trinajstić information content (AvgIpc) is 3.08. The third-order valence-electron chi connectivity index (χ3n) is 2.85. The first kappa shape index (κ1) is 12.6. The van der Waals surface area contributed by atoms with Crippen LogP contribution in [-0.4, -0.2) is 23.3 Å². The highest BCUT2D eigenvalue weighted by atomic mass is 35.5. The van der Waals surface area contributed by atoms with Gasteiger partial charge in [-0.1, -0.05) is 16.8 Å². The number of hydrogen-bond donors (Lipinski definition) is 1. The summed E-state index contributed by atoms with van der Waals surface area (Å²) >= 11 is 6.28. The number of aromatic carboxylic acids is 1. The number of hydrogen-bond acceptors (Lipinski definition) is 5. The molecule has 0 spiro atoms. The van der Waals surface area contributed by atoms with Crippen LogP contribution in [0.2, 0.25) is 5.02 Å². The molecule has 0 aliphatic carbocycles. The molecule has 0 radical (unpaired) electrons. The second-order valence-corrected chi connectivity index (χ2v) is 4.36. The van der Waals surface area contributed by atoms with Crippen molar-refractivity contribution in [3.63, 3.8) is 0 Å². The highest BCUT2D eigenvalue weighted by Crippen LogP contribution is 2.40. The summed E-state index contributed by atoms with van der Waals surface area (Å²) in [7, 11) is 1.50. The summed E-state index contributed by atoms with van der Waals surface area (Å²) in [5.74, 6) is -0.459. The SMILES string of the molecule is COc1cc(-c2cc(C(=O)O)no2)c(Cl)c2ccoc12. The van der Waals surface area contributed by atoms with Gasteiger partial charge in [0.1, 0.15) is 0 Å². The molecule has 2 aromatic heterocycles. The Morgan fingerprint density at radius 2 is 2.25 bits per heavy atom. The Morgan fingerprint density at radius 3 is 2.90 bits per heavy atom. The molecular weight excluding hydrogens is 286 g/mol. The molecule has 0 unspecified atom stereocenters. The molecule has 1 aromatic carbocycles. The molecule has 1 N–H and O–H groups in total. The van der Waals surface area contributed by atoms with E-state index in [1.54, 1.807) is 12.1 Å². The number of methoxy groups -OCH3 is 1. The molecule has 2 heterocycles. The maximum Gasteiger partial charge on any atom is 0.358 e. The number of carbonyl (C=O) groups is 1. The van der Waals surface area contributed by atoms with Gasteiger partial charge in [0.05, 0.1) is 18.4 Å². The molecule has 0 atom stereocenters. The number of halogens is 1. The van der Waals surface area contributed by atoms with Crippen molar-refractivity contribution in [2.24, 2.45) is 0 Å². The van der Waals surface area contributed by atoms with Crippen LogP contribution < -0.4 is 4.74 Å². The van der Waals surface area contributed by atoms with E-state index in [0.29, 0.717) is 27.3 Å². The standard InChI is InChI=1S/C13H8ClNO5/c1-18-10-4-7(9-5-8(13(16)17)15-20-9)11(14)6-2-3-19-12(6)10/h2-5H,1H3,(H,16,17). The van der Waals surface area contributed by atoms with Crippen LogP contribution in [0, 0.1) is 0 Å². The van der Waals surface area contributed by atoms with E-state index in [1.165, 1.54) is 19.4 Å². The third-order valence-corrected chi connectivity index (χ3v) is 3.26. The van der Waals surface area contributed by atoms with Crippen molar-refractivity contribution < 1.29 is 23.6 Å². The number of benzene rings is 1. The van der Waals surface area contributed by atoms with Crippen LogP contribution in [0.5, 0.6) is 5.75 Å². The van der Waals surface area contributed by atoms with Gasteiger partial charge in [0.2, 0.25) is 0 Å². The van der Waals surface area contributed by atoms with Crippen molar-refractivity contribution in [3.8, 4) is 17.1 Å². The van der Waals surface area contributed by atoms with Crippen molar-refractivity contribution in [2.45, 2.75) is 0 Å². The molecule has 3 rings (SSSR count). The highest BCUT2D eigenvalue weighted by Gasteiger charge is 2.19. The lowest BCUT2D eigenvalue weighted by Gasteiger charge is -2.06. The van der Waals surface area contributed by atoms with Gasteiger partial charge in [-0.25, -0.2) is 4.79 Å². The van der Waals surface area contributed by atoms with Gasteiger partial charge in [-0.05, 0) is 12.1 Å². The van der Waals surface area contributed by atoms with Crippen LogP contribution >= 0.6 is 11.6 Å². The summed E-state index contributed by atoms with van der Waals surface area (Å²) in [6.07, 6.45) is 1.49. The normalized spacial score (nSPS) is 10.9. The molecule has 0 bridgehead atoms. The van der Waals surface area contributed by atoms with Gasteiger partial charge < -0.3 is 18.8 Å². The number of nitrogens with zero attached hydrogens (tertiary/aromatic N) is 1. The molecule has 102 valence electrons.